The van der Waals surface area contributed by atoms with Gasteiger partial charge in [-0.15, -0.1) is 0 Å². The molecular weight excluding hydrogens is 535 g/mol. The number of halogens is 1. The summed E-state index contributed by atoms with van der Waals surface area (Å²) in [5.74, 6) is -0.772. The molecule has 2 heterocycles. The lowest BCUT2D eigenvalue weighted by Gasteiger charge is -2.32. The van der Waals surface area contributed by atoms with Gasteiger partial charge in [-0.1, -0.05) is 6.07 Å². The zero-order valence-electron chi connectivity index (χ0n) is 24.2. The molecule has 0 saturated carbocycles. The van der Waals surface area contributed by atoms with E-state index in [1.165, 1.54) is 12.1 Å². The first-order chi connectivity index (χ1) is 20.1. The van der Waals surface area contributed by atoms with Crippen LogP contribution in [0.1, 0.15) is 27.0 Å². The van der Waals surface area contributed by atoms with Crippen molar-refractivity contribution in [1.29, 1.82) is 0 Å². The number of amides is 2. The van der Waals surface area contributed by atoms with Crippen molar-refractivity contribution in [1.82, 2.24) is 20.1 Å². The van der Waals surface area contributed by atoms with Crippen LogP contribution in [0.2, 0.25) is 0 Å². The molecule has 0 unspecified atom stereocenters. The number of aromatic amines is 1. The van der Waals surface area contributed by atoms with Crippen molar-refractivity contribution < 1.29 is 19.1 Å². The number of hydrogen-bond donors (Lipinski definition) is 3. The van der Waals surface area contributed by atoms with Gasteiger partial charge in [0, 0.05) is 62.5 Å². The molecule has 3 aromatic carbocycles. The minimum Gasteiger partial charge on any atom is -0.494 e. The Labute approximate surface area is 244 Å². The highest BCUT2D eigenvalue weighted by molar-refractivity contribution is 6.22. The third-order valence-electron chi connectivity index (χ3n) is 7.76. The molecule has 3 N–H and O–H groups in total. The second kappa shape index (κ2) is 12.1. The van der Waals surface area contributed by atoms with Crippen LogP contribution in [0.25, 0.3) is 10.9 Å². The summed E-state index contributed by atoms with van der Waals surface area (Å²) in [6.45, 7) is 5.85. The van der Waals surface area contributed by atoms with Crippen LogP contribution in [0.5, 0.6) is 5.88 Å². The second-order valence-electron chi connectivity index (χ2n) is 10.7. The number of aryl methyl sites for hydroxylation is 1. The van der Waals surface area contributed by atoms with E-state index >= 15 is 0 Å². The van der Waals surface area contributed by atoms with Gasteiger partial charge >= 0.3 is 0 Å². The van der Waals surface area contributed by atoms with Crippen molar-refractivity contribution in [3.63, 3.8) is 0 Å². The van der Waals surface area contributed by atoms with E-state index < -0.39 is 5.82 Å². The van der Waals surface area contributed by atoms with E-state index in [1.54, 1.807) is 43.3 Å². The molecule has 1 saturated heterocycles. The maximum absolute atomic E-state index is 14.0. The Kier molecular flexibility index (Phi) is 8.37. The minimum atomic E-state index is -0.429. The number of benzene rings is 3. The van der Waals surface area contributed by atoms with E-state index in [4.69, 9.17) is 4.99 Å². The van der Waals surface area contributed by atoms with E-state index in [9.17, 15) is 19.1 Å². The van der Waals surface area contributed by atoms with Crippen LogP contribution in [0, 0.1) is 12.7 Å². The van der Waals surface area contributed by atoms with Gasteiger partial charge in [0.25, 0.3) is 5.91 Å². The molecule has 42 heavy (non-hydrogen) atoms. The first-order valence-electron chi connectivity index (χ1n) is 13.8. The van der Waals surface area contributed by atoms with Crippen molar-refractivity contribution in [2.45, 2.75) is 6.92 Å². The summed E-state index contributed by atoms with van der Waals surface area (Å²) in [5, 5.41) is 14.2. The van der Waals surface area contributed by atoms with Crippen molar-refractivity contribution in [2.24, 2.45) is 4.99 Å². The van der Waals surface area contributed by atoms with Crippen LogP contribution < -0.4 is 10.2 Å². The van der Waals surface area contributed by atoms with Crippen LogP contribution in [0.3, 0.4) is 0 Å². The predicted molar refractivity (Wildman–Crippen MR) is 164 cm³/mol. The van der Waals surface area contributed by atoms with Crippen molar-refractivity contribution in [3.05, 3.63) is 88.7 Å². The van der Waals surface area contributed by atoms with Crippen LogP contribution in [0.15, 0.2) is 65.7 Å². The molecule has 0 atom stereocenters. The van der Waals surface area contributed by atoms with Crippen LogP contribution in [-0.2, 0) is 4.79 Å². The molecular formula is C32H35FN6O3. The Morgan fingerprint density at radius 2 is 1.76 bits per heavy atom. The number of likely N-dealkylation sites (N-methyl/N-ethyl adjacent to an activating group) is 2. The number of carbonyl (C=O) groups excluding carboxylic acids is 2. The predicted octanol–water partition coefficient (Wildman–Crippen LogP) is 4.06. The number of nitrogens with one attached hydrogen (secondary N) is 2. The van der Waals surface area contributed by atoms with Crippen LogP contribution in [-0.4, -0.2) is 91.3 Å². The van der Waals surface area contributed by atoms with Gasteiger partial charge in [-0.3, -0.25) is 14.5 Å². The molecule has 4 aromatic rings. The molecule has 1 aliphatic rings. The van der Waals surface area contributed by atoms with Crippen LogP contribution in [0.4, 0.5) is 15.8 Å². The first kappa shape index (κ1) is 29.0. The van der Waals surface area contributed by atoms with Gasteiger partial charge in [0.15, 0.2) is 5.88 Å². The number of hydrogen-bond acceptors (Lipinski definition) is 6. The number of carbonyl (C=O) groups is 2. The lowest BCUT2D eigenvalue weighted by Crippen LogP contribution is -2.48. The monoisotopic (exact) mass is 570 g/mol. The summed E-state index contributed by atoms with van der Waals surface area (Å²) in [7, 11) is 5.42. The number of aromatic nitrogens is 1. The lowest BCUT2D eigenvalue weighted by atomic mass is 9.95. The third-order valence-corrected chi connectivity index (χ3v) is 7.76. The van der Waals surface area contributed by atoms with E-state index in [1.807, 2.05) is 31.2 Å². The maximum Gasteiger partial charge on any atom is 0.251 e. The van der Waals surface area contributed by atoms with Gasteiger partial charge in [0.05, 0.1) is 29.0 Å². The Morgan fingerprint density at radius 1 is 1.05 bits per heavy atom. The number of nitrogens with zero attached hydrogens (tertiary/aromatic N) is 4. The number of aliphatic imine (C=N–C) groups is 1. The summed E-state index contributed by atoms with van der Waals surface area (Å²) in [5.41, 5.74) is 4.62. The van der Waals surface area contributed by atoms with Gasteiger partial charge < -0.3 is 25.2 Å². The third kappa shape index (κ3) is 6.05. The smallest absolute Gasteiger partial charge is 0.251 e. The second-order valence-corrected chi connectivity index (χ2v) is 10.7. The van der Waals surface area contributed by atoms with Crippen molar-refractivity contribution >= 4 is 39.8 Å². The number of aromatic hydroxyl groups is 1. The topological polar surface area (TPSA) is 104 Å². The normalized spacial score (nSPS) is 14.7. The molecule has 2 amide bonds. The highest BCUT2D eigenvalue weighted by Crippen LogP contribution is 2.33. The van der Waals surface area contributed by atoms with Gasteiger partial charge in [-0.2, -0.15) is 0 Å². The number of piperazine rings is 1. The van der Waals surface area contributed by atoms with Crippen molar-refractivity contribution in [2.75, 3.05) is 58.8 Å². The molecule has 1 aromatic heterocycles. The first-order valence-corrected chi connectivity index (χ1v) is 13.8. The van der Waals surface area contributed by atoms with Crippen LogP contribution >= 0.6 is 0 Å². The summed E-state index contributed by atoms with van der Waals surface area (Å²) in [6.07, 6.45) is 0. The largest absolute Gasteiger partial charge is 0.494 e. The Morgan fingerprint density at radius 3 is 2.43 bits per heavy atom. The number of rotatable bonds is 7. The zero-order valence-corrected chi connectivity index (χ0v) is 24.2. The fraction of sp³-hybridized carbons (Fsp3) is 0.281. The lowest BCUT2D eigenvalue weighted by molar-refractivity contribution is -0.119. The van der Waals surface area contributed by atoms with E-state index in [2.05, 4.69) is 27.1 Å². The highest BCUT2D eigenvalue weighted by Gasteiger charge is 2.22. The average molecular weight is 571 g/mol. The fourth-order valence-corrected chi connectivity index (χ4v) is 5.19. The molecule has 218 valence electrons. The maximum atomic E-state index is 14.0. The van der Waals surface area contributed by atoms with Crippen molar-refractivity contribution in [3.8, 4) is 5.88 Å². The van der Waals surface area contributed by atoms with Gasteiger partial charge in [0.2, 0.25) is 5.91 Å². The van der Waals surface area contributed by atoms with E-state index in [-0.39, 0.29) is 17.7 Å². The Hall–Kier alpha value is -4.54. The summed E-state index contributed by atoms with van der Waals surface area (Å²) >= 11 is 0. The van der Waals surface area contributed by atoms with Gasteiger partial charge in [0.1, 0.15) is 5.82 Å². The van der Waals surface area contributed by atoms with Gasteiger partial charge in [-0.05, 0) is 74.1 Å². The molecule has 0 bridgehead atoms. The molecule has 9 nitrogen and oxygen atoms in total. The number of H-pyrrole nitrogens is 1. The molecule has 1 aliphatic heterocycles. The Balaban J connectivity index is 1.50. The highest BCUT2D eigenvalue weighted by atomic mass is 19.1. The zero-order chi connectivity index (χ0) is 30.0. The van der Waals surface area contributed by atoms with E-state index in [0.717, 1.165) is 37.4 Å². The quantitative estimate of drug-likeness (QED) is 0.291. The minimum absolute atomic E-state index is 0.0132. The van der Waals surface area contributed by atoms with E-state index in [0.29, 0.717) is 45.5 Å². The molecule has 10 heteroatoms. The Bertz CT molecular complexity index is 1660. The average Bonchev–Trinajstić information content (AvgIpc) is 3.31. The molecule has 5 rings (SSSR count). The molecule has 0 radical (unpaired) electrons. The molecule has 0 aliphatic carbocycles. The summed E-state index contributed by atoms with van der Waals surface area (Å²) in [6, 6.07) is 16.8. The number of fused-ring (bicyclic) bond motifs is 1. The SMILES string of the molecule is CNC(=O)c1ccc(C(=Nc2ccc(N(C)C(=O)CN3CCN(C)CC3)cc2)c2c(O)[nH]c3cc(F)ccc23)c(C)c1. The molecule has 1 fully saturated rings. The fourth-order valence-electron chi connectivity index (χ4n) is 5.19. The van der Waals surface area contributed by atoms with Gasteiger partial charge in [-0.25, -0.2) is 9.38 Å². The summed E-state index contributed by atoms with van der Waals surface area (Å²) < 4.78 is 14.0. The standard InChI is InChI=1S/C32H35FN6O3/c1-20-17-21(31(41)34-2)5-11-25(20)30(29-26-12-6-22(33)18-27(26)36-32(29)42)35-23-7-9-24(10-8-23)38(4)28(40)19-39-15-13-37(3)14-16-39/h5-12,17-18,36,42H,13-16,19H2,1-4H3,(H,34,41). The number of anilines is 1. The molecule has 0 spiro atoms. The summed E-state index contributed by atoms with van der Waals surface area (Å²) in [4.78, 5) is 39.1.